The highest BCUT2D eigenvalue weighted by Crippen LogP contribution is 2.60. The molecule has 2 amide bonds. The maximum absolute atomic E-state index is 13.6. The molecule has 7 heteroatoms. The molecule has 5 rings (SSSR count). The fraction of sp³-hybridized carbons (Fsp3) is 0.773. The summed E-state index contributed by atoms with van der Waals surface area (Å²) in [5.74, 6) is 0.862. The Kier molecular flexibility index (Phi) is 5.44. The molecular formula is C22H32N2O5. The van der Waals surface area contributed by atoms with Gasteiger partial charge in [0.2, 0.25) is 5.91 Å². The van der Waals surface area contributed by atoms with Crippen molar-refractivity contribution in [2.24, 2.45) is 23.2 Å². The zero-order valence-corrected chi connectivity index (χ0v) is 17.1. The monoisotopic (exact) mass is 404 g/mol. The number of aliphatic hydroxyl groups excluding tert-OH is 1. The van der Waals surface area contributed by atoms with Crippen LogP contribution in [0.2, 0.25) is 0 Å². The Balaban J connectivity index is 1.45. The zero-order valence-electron chi connectivity index (χ0n) is 17.1. The van der Waals surface area contributed by atoms with Crippen LogP contribution in [-0.2, 0) is 19.1 Å². The molecule has 4 bridgehead atoms. The van der Waals surface area contributed by atoms with Crippen LogP contribution in [0.1, 0.15) is 51.9 Å². The van der Waals surface area contributed by atoms with Gasteiger partial charge in [-0.25, -0.2) is 4.79 Å². The molecule has 160 valence electrons. The van der Waals surface area contributed by atoms with Gasteiger partial charge in [-0.05, 0) is 63.2 Å². The van der Waals surface area contributed by atoms with Crippen LogP contribution in [0.15, 0.2) is 12.7 Å². The first-order chi connectivity index (χ1) is 13.8. The fourth-order valence-electron chi connectivity index (χ4n) is 6.56. The summed E-state index contributed by atoms with van der Waals surface area (Å²) in [6, 6.07) is -0.819. The Morgan fingerprint density at radius 3 is 2.31 bits per heavy atom. The lowest BCUT2D eigenvalue weighted by atomic mass is 9.49. The van der Waals surface area contributed by atoms with Crippen LogP contribution in [0.5, 0.6) is 0 Å². The quantitative estimate of drug-likeness (QED) is 0.515. The van der Waals surface area contributed by atoms with E-state index in [4.69, 9.17) is 4.74 Å². The number of β-amino-alcohol motifs (C(OH)–C–C–N with tert-alkyl or cyclic N) is 1. The summed E-state index contributed by atoms with van der Waals surface area (Å²) in [6.45, 7) is 5.50. The van der Waals surface area contributed by atoms with E-state index in [0.29, 0.717) is 24.3 Å². The van der Waals surface area contributed by atoms with Gasteiger partial charge in [-0.15, -0.1) is 6.58 Å². The number of hydrogen-bond donors (Lipinski definition) is 2. The van der Waals surface area contributed by atoms with E-state index in [1.807, 2.05) is 0 Å². The topological polar surface area (TPSA) is 95.9 Å². The highest BCUT2D eigenvalue weighted by atomic mass is 16.5. The number of ether oxygens (including phenoxy) is 1. The maximum Gasteiger partial charge on any atom is 0.329 e. The van der Waals surface area contributed by atoms with Crippen molar-refractivity contribution >= 4 is 17.8 Å². The van der Waals surface area contributed by atoms with E-state index in [1.165, 1.54) is 26.2 Å². The fourth-order valence-corrected chi connectivity index (χ4v) is 6.56. The maximum atomic E-state index is 13.6. The number of likely N-dealkylation sites (tertiary alicyclic amines) is 1. The summed E-state index contributed by atoms with van der Waals surface area (Å²) >= 11 is 0. The van der Waals surface area contributed by atoms with Crippen LogP contribution in [0.4, 0.5) is 0 Å². The lowest BCUT2D eigenvalue weighted by molar-refractivity contribution is -0.168. The molecule has 0 aromatic rings. The molecule has 1 heterocycles. The van der Waals surface area contributed by atoms with Gasteiger partial charge in [0.05, 0.1) is 11.5 Å². The summed E-state index contributed by atoms with van der Waals surface area (Å²) in [5, 5.41) is 12.8. The molecule has 4 saturated carbocycles. The smallest absolute Gasteiger partial charge is 0.329 e. The molecule has 1 aliphatic heterocycles. The molecule has 29 heavy (non-hydrogen) atoms. The van der Waals surface area contributed by atoms with E-state index in [2.05, 4.69) is 11.9 Å². The van der Waals surface area contributed by atoms with E-state index in [9.17, 15) is 19.5 Å². The van der Waals surface area contributed by atoms with Crippen LogP contribution in [-0.4, -0.2) is 59.1 Å². The Bertz CT molecular complexity index is 670. The van der Waals surface area contributed by atoms with Gasteiger partial charge in [-0.3, -0.25) is 9.59 Å². The lowest BCUT2D eigenvalue weighted by Gasteiger charge is -2.56. The van der Waals surface area contributed by atoms with Crippen LogP contribution in [0.3, 0.4) is 0 Å². The predicted molar refractivity (Wildman–Crippen MR) is 105 cm³/mol. The average Bonchev–Trinajstić information content (AvgIpc) is 3.06. The number of nitrogens with zero attached hydrogens (tertiary/aromatic N) is 1. The highest BCUT2D eigenvalue weighted by molar-refractivity contribution is 5.90. The van der Waals surface area contributed by atoms with Gasteiger partial charge in [0, 0.05) is 19.5 Å². The van der Waals surface area contributed by atoms with Crippen LogP contribution >= 0.6 is 0 Å². The van der Waals surface area contributed by atoms with Crippen molar-refractivity contribution in [1.82, 2.24) is 10.2 Å². The number of hydrogen-bond acceptors (Lipinski definition) is 5. The minimum Gasteiger partial charge on any atom is -0.451 e. The molecule has 4 aliphatic carbocycles. The highest BCUT2D eigenvalue weighted by Gasteiger charge is 2.57. The van der Waals surface area contributed by atoms with Crippen molar-refractivity contribution in [2.75, 3.05) is 13.1 Å². The second-order valence-electron chi connectivity index (χ2n) is 9.67. The molecule has 1 saturated heterocycles. The molecule has 0 aromatic carbocycles. The normalized spacial score (nSPS) is 38.6. The number of carbonyl (C=O) groups is 3. The summed E-state index contributed by atoms with van der Waals surface area (Å²) < 4.78 is 5.35. The van der Waals surface area contributed by atoms with E-state index >= 15 is 0 Å². The third-order valence-corrected chi connectivity index (χ3v) is 7.39. The summed E-state index contributed by atoms with van der Waals surface area (Å²) in [7, 11) is 0. The molecule has 5 aliphatic rings. The Hall–Kier alpha value is -1.89. The van der Waals surface area contributed by atoms with Crippen molar-refractivity contribution in [2.45, 2.75) is 70.1 Å². The number of rotatable bonds is 6. The number of esters is 1. The molecule has 7 nitrogen and oxygen atoms in total. The number of carbonyl (C=O) groups excluding carboxylic acids is 3. The number of aliphatic hydroxyl groups is 1. The summed E-state index contributed by atoms with van der Waals surface area (Å²) in [5.41, 5.74) is -0.371. The Labute approximate surface area is 171 Å². The Morgan fingerprint density at radius 1 is 1.17 bits per heavy atom. The molecule has 0 unspecified atom stereocenters. The third-order valence-electron chi connectivity index (χ3n) is 7.39. The largest absolute Gasteiger partial charge is 0.451 e. The van der Waals surface area contributed by atoms with Gasteiger partial charge < -0.3 is 20.1 Å². The van der Waals surface area contributed by atoms with Crippen molar-refractivity contribution in [3.63, 3.8) is 0 Å². The minimum atomic E-state index is -0.961. The molecule has 0 spiro atoms. The number of nitrogens with one attached hydrogen (secondary N) is 1. The molecule has 5 fully saturated rings. The van der Waals surface area contributed by atoms with E-state index in [0.717, 1.165) is 19.3 Å². The first-order valence-electron chi connectivity index (χ1n) is 10.9. The standard InChI is InChI=1S/C22H32N2O5/c1-3-4-23-19(26)13(2)29-20(27)18-8-17(25)12-24(18)21(28)22-9-14-5-15(10-22)7-16(6-14)11-22/h3,13-18,25H,1,4-12H2,2H3,(H,23,26)/t13-,14?,15?,16?,17-,18-,22?/m0/s1. The van der Waals surface area contributed by atoms with Gasteiger partial charge in [-0.2, -0.15) is 0 Å². The second kappa shape index (κ2) is 7.74. The summed E-state index contributed by atoms with van der Waals surface area (Å²) in [6.07, 6.45) is 6.44. The molecule has 0 aromatic heterocycles. The van der Waals surface area contributed by atoms with Gasteiger partial charge in [0.15, 0.2) is 6.10 Å². The molecular weight excluding hydrogens is 372 g/mol. The van der Waals surface area contributed by atoms with Crippen LogP contribution in [0.25, 0.3) is 0 Å². The lowest BCUT2D eigenvalue weighted by Crippen LogP contribution is -2.56. The summed E-state index contributed by atoms with van der Waals surface area (Å²) in [4.78, 5) is 40.0. The van der Waals surface area contributed by atoms with E-state index < -0.39 is 30.1 Å². The van der Waals surface area contributed by atoms with Crippen molar-refractivity contribution < 1.29 is 24.2 Å². The zero-order chi connectivity index (χ0) is 20.8. The molecule has 0 radical (unpaired) electrons. The third kappa shape index (κ3) is 3.81. The van der Waals surface area contributed by atoms with E-state index in [1.54, 1.807) is 11.0 Å². The van der Waals surface area contributed by atoms with Crippen LogP contribution < -0.4 is 5.32 Å². The van der Waals surface area contributed by atoms with Crippen molar-refractivity contribution in [3.05, 3.63) is 12.7 Å². The first kappa shape index (κ1) is 20.4. The predicted octanol–water partition coefficient (Wildman–Crippen LogP) is 1.40. The molecule has 2 N–H and O–H groups in total. The Morgan fingerprint density at radius 2 is 1.76 bits per heavy atom. The van der Waals surface area contributed by atoms with Gasteiger partial charge in [-0.1, -0.05) is 6.08 Å². The van der Waals surface area contributed by atoms with E-state index in [-0.39, 0.29) is 24.3 Å². The second-order valence-corrected chi connectivity index (χ2v) is 9.67. The SMILES string of the molecule is C=CCNC(=O)[C@H](C)OC(=O)[C@@H]1C[C@H](O)CN1C(=O)C12CC3CC(CC(C3)C1)C2. The van der Waals surface area contributed by atoms with Crippen molar-refractivity contribution in [1.29, 1.82) is 0 Å². The van der Waals surface area contributed by atoms with Crippen LogP contribution in [0, 0.1) is 23.2 Å². The van der Waals surface area contributed by atoms with Gasteiger partial charge in [0.1, 0.15) is 6.04 Å². The van der Waals surface area contributed by atoms with Gasteiger partial charge in [0.25, 0.3) is 5.91 Å². The number of amides is 2. The minimum absolute atomic E-state index is 0.0128. The van der Waals surface area contributed by atoms with Crippen molar-refractivity contribution in [3.8, 4) is 0 Å². The molecule has 3 atom stereocenters. The average molecular weight is 405 g/mol. The first-order valence-corrected chi connectivity index (χ1v) is 10.9. The van der Waals surface area contributed by atoms with Gasteiger partial charge >= 0.3 is 5.97 Å².